The Kier molecular flexibility index (Phi) is 10.6. The Labute approximate surface area is 216 Å². The zero-order valence-electron chi connectivity index (χ0n) is 20.8. The van der Waals surface area contributed by atoms with E-state index < -0.39 is 28.5 Å². The van der Waals surface area contributed by atoms with Crippen molar-refractivity contribution in [2.75, 3.05) is 30.8 Å². The number of methoxy groups -OCH3 is 1. The third-order valence-electron chi connectivity index (χ3n) is 5.36. The lowest BCUT2D eigenvalue weighted by atomic mass is 10.1. The molecule has 0 spiro atoms. The number of carbonyl (C=O) groups is 2. The fourth-order valence-corrected chi connectivity index (χ4v) is 4.74. The summed E-state index contributed by atoms with van der Waals surface area (Å²) in [5.74, 6) is 0.180. The molecule has 10 heteroatoms. The lowest BCUT2D eigenvalue weighted by Gasteiger charge is -2.33. The molecule has 0 saturated carbocycles. The Morgan fingerprint density at radius 3 is 2.29 bits per heavy atom. The van der Waals surface area contributed by atoms with E-state index in [9.17, 15) is 18.0 Å². The van der Waals surface area contributed by atoms with Crippen molar-refractivity contribution < 1.29 is 22.7 Å². The van der Waals surface area contributed by atoms with Crippen LogP contribution in [0.2, 0.25) is 0 Å². The van der Waals surface area contributed by atoms with E-state index >= 15 is 0 Å². The molecule has 0 aliphatic carbocycles. The predicted octanol–water partition coefficient (Wildman–Crippen LogP) is 3.80. The zero-order chi connectivity index (χ0) is 26.2. The maximum absolute atomic E-state index is 13.6. The van der Waals surface area contributed by atoms with Crippen LogP contribution in [0.15, 0.2) is 53.0 Å². The number of amides is 2. The summed E-state index contributed by atoms with van der Waals surface area (Å²) in [7, 11) is -2.20. The van der Waals surface area contributed by atoms with Crippen LogP contribution in [0, 0.1) is 5.92 Å². The molecule has 0 heterocycles. The van der Waals surface area contributed by atoms with Gasteiger partial charge in [-0.3, -0.25) is 13.9 Å². The average Bonchev–Trinajstić information content (AvgIpc) is 2.80. The number of anilines is 1. The smallest absolute Gasteiger partial charge is 0.244 e. The van der Waals surface area contributed by atoms with Crippen LogP contribution in [-0.2, 0) is 26.2 Å². The maximum Gasteiger partial charge on any atom is 0.244 e. The number of carbonyl (C=O) groups excluding carboxylic acids is 2. The molecule has 0 radical (unpaired) electrons. The van der Waals surface area contributed by atoms with E-state index in [1.54, 1.807) is 43.5 Å². The summed E-state index contributed by atoms with van der Waals surface area (Å²) >= 11 is 3.35. The van der Waals surface area contributed by atoms with Gasteiger partial charge in [0.05, 0.1) is 19.1 Å². The van der Waals surface area contributed by atoms with E-state index in [1.807, 2.05) is 32.9 Å². The number of benzene rings is 2. The van der Waals surface area contributed by atoms with Gasteiger partial charge in [-0.15, -0.1) is 0 Å². The van der Waals surface area contributed by atoms with E-state index in [2.05, 4.69) is 21.2 Å². The van der Waals surface area contributed by atoms with Crippen molar-refractivity contribution in [3.8, 4) is 5.75 Å². The normalized spacial score (nSPS) is 12.2. The van der Waals surface area contributed by atoms with Gasteiger partial charge in [-0.25, -0.2) is 8.42 Å². The third-order valence-corrected chi connectivity index (χ3v) is 6.99. The first-order valence-corrected chi connectivity index (χ1v) is 14.0. The van der Waals surface area contributed by atoms with Crippen molar-refractivity contribution in [1.82, 2.24) is 10.2 Å². The van der Waals surface area contributed by atoms with Crippen LogP contribution in [0.3, 0.4) is 0 Å². The van der Waals surface area contributed by atoms with Crippen molar-refractivity contribution in [3.05, 3.63) is 58.6 Å². The van der Waals surface area contributed by atoms with Gasteiger partial charge < -0.3 is 15.0 Å². The van der Waals surface area contributed by atoms with Crippen molar-refractivity contribution in [1.29, 1.82) is 0 Å². The Hall–Kier alpha value is -2.59. The molecule has 0 bridgehead atoms. The van der Waals surface area contributed by atoms with E-state index in [1.165, 1.54) is 4.90 Å². The monoisotopic (exact) mass is 567 g/mol. The number of hydrogen-bond acceptors (Lipinski definition) is 5. The number of rotatable bonds is 12. The molecular formula is C25H34BrN3O5S. The molecule has 0 aliphatic rings. The zero-order valence-corrected chi connectivity index (χ0v) is 23.2. The second kappa shape index (κ2) is 12.9. The Morgan fingerprint density at radius 1 is 1.11 bits per heavy atom. The highest BCUT2D eigenvalue weighted by Gasteiger charge is 2.31. The quantitative estimate of drug-likeness (QED) is 0.420. The van der Waals surface area contributed by atoms with Crippen molar-refractivity contribution in [2.45, 2.75) is 39.8 Å². The highest BCUT2D eigenvalue weighted by molar-refractivity contribution is 9.10. The first-order valence-electron chi connectivity index (χ1n) is 11.4. The van der Waals surface area contributed by atoms with E-state index in [0.717, 1.165) is 16.1 Å². The Balaban J connectivity index is 2.41. The van der Waals surface area contributed by atoms with E-state index in [4.69, 9.17) is 4.74 Å². The summed E-state index contributed by atoms with van der Waals surface area (Å²) in [6, 6.07) is 13.2. The summed E-state index contributed by atoms with van der Waals surface area (Å²) in [6.45, 7) is 6.00. The summed E-state index contributed by atoms with van der Waals surface area (Å²) in [6.07, 6.45) is 1.43. The molecule has 0 aromatic heterocycles. The summed E-state index contributed by atoms with van der Waals surface area (Å²) in [5.41, 5.74) is 1.15. The van der Waals surface area contributed by atoms with Gasteiger partial charge in [-0.05, 0) is 48.2 Å². The number of nitrogens with zero attached hydrogens (tertiary/aromatic N) is 2. The first-order chi connectivity index (χ1) is 16.5. The van der Waals surface area contributed by atoms with E-state index in [0.29, 0.717) is 28.9 Å². The van der Waals surface area contributed by atoms with Crippen LogP contribution in [0.1, 0.15) is 32.8 Å². The van der Waals surface area contributed by atoms with Gasteiger partial charge in [-0.2, -0.15) is 0 Å². The molecule has 0 aliphatic heterocycles. The van der Waals surface area contributed by atoms with Gasteiger partial charge in [0, 0.05) is 17.6 Å². The minimum atomic E-state index is -3.77. The lowest BCUT2D eigenvalue weighted by Crippen LogP contribution is -2.52. The fraction of sp³-hybridized carbons (Fsp3) is 0.440. The third kappa shape index (κ3) is 8.54. The summed E-state index contributed by atoms with van der Waals surface area (Å²) in [5, 5.41) is 2.90. The molecule has 8 nitrogen and oxygen atoms in total. The standard InChI is InChI=1S/C25H34BrN3O5S/c1-6-23(25(31)27-15-18(2)3)28(16-19-10-12-22(34-4)13-11-19)24(30)17-29(35(5,32)33)21-9-7-8-20(26)14-21/h7-14,18,23H,6,15-17H2,1-5H3,(H,27,31)/t23-/m0/s1. The van der Waals surface area contributed by atoms with Crippen LogP contribution >= 0.6 is 15.9 Å². The molecule has 2 amide bonds. The SMILES string of the molecule is CC[C@@H](C(=O)NCC(C)C)N(Cc1ccc(OC)cc1)C(=O)CN(c1cccc(Br)c1)S(C)(=O)=O. The van der Waals surface area contributed by atoms with Gasteiger partial charge in [-0.1, -0.05) is 54.9 Å². The Bertz CT molecular complexity index is 1110. The number of ether oxygens (including phenoxy) is 1. The van der Waals surface area contributed by atoms with Crippen LogP contribution < -0.4 is 14.4 Å². The summed E-state index contributed by atoms with van der Waals surface area (Å²) in [4.78, 5) is 28.1. The molecule has 1 atom stereocenters. The van der Waals surface area contributed by atoms with Crippen LogP contribution in [0.4, 0.5) is 5.69 Å². The predicted molar refractivity (Wildman–Crippen MR) is 142 cm³/mol. The first kappa shape index (κ1) is 28.6. The van der Waals surface area contributed by atoms with E-state index in [-0.39, 0.29) is 18.4 Å². The van der Waals surface area contributed by atoms with Crippen LogP contribution in [-0.4, -0.2) is 57.6 Å². The number of hydrogen-bond donors (Lipinski definition) is 1. The molecule has 2 aromatic carbocycles. The fourth-order valence-electron chi connectivity index (χ4n) is 3.51. The molecule has 1 N–H and O–H groups in total. The second-order valence-electron chi connectivity index (χ2n) is 8.68. The minimum absolute atomic E-state index is 0.145. The minimum Gasteiger partial charge on any atom is -0.497 e. The molecule has 2 rings (SSSR count). The van der Waals surface area contributed by atoms with Gasteiger partial charge >= 0.3 is 0 Å². The van der Waals surface area contributed by atoms with Crippen molar-refractivity contribution >= 4 is 43.5 Å². The molecule has 192 valence electrons. The number of sulfonamides is 1. The van der Waals surface area contributed by atoms with Gasteiger partial charge in [0.1, 0.15) is 18.3 Å². The highest BCUT2D eigenvalue weighted by atomic mass is 79.9. The molecule has 2 aromatic rings. The van der Waals surface area contributed by atoms with Crippen molar-refractivity contribution in [2.24, 2.45) is 5.92 Å². The highest BCUT2D eigenvalue weighted by Crippen LogP contribution is 2.23. The average molecular weight is 569 g/mol. The molecule has 0 unspecified atom stereocenters. The van der Waals surface area contributed by atoms with Gasteiger partial charge in [0.25, 0.3) is 0 Å². The van der Waals surface area contributed by atoms with Crippen LogP contribution in [0.5, 0.6) is 5.75 Å². The lowest BCUT2D eigenvalue weighted by molar-refractivity contribution is -0.140. The Morgan fingerprint density at radius 2 is 1.77 bits per heavy atom. The van der Waals surface area contributed by atoms with Gasteiger partial charge in [0.2, 0.25) is 21.8 Å². The largest absolute Gasteiger partial charge is 0.497 e. The topological polar surface area (TPSA) is 96.0 Å². The second-order valence-corrected chi connectivity index (χ2v) is 11.5. The van der Waals surface area contributed by atoms with Crippen LogP contribution in [0.25, 0.3) is 0 Å². The summed E-state index contributed by atoms with van der Waals surface area (Å²) < 4.78 is 32.2. The molecule has 0 saturated heterocycles. The number of nitrogens with one attached hydrogen (secondary N) is 1. The van der Waals surface area contributed by atoms with Gasteiger partial charge in [0.15, 0.2) is 0 Å². The molecule has 0 fully saturated rings. The van der Waals surface area contributed by atoms with Crippen molar-refractivity contribution in [3.63, 3.8) is 0 Å². The molecular weight excluding hydrogens is 534 g/mol. The maximum atomic E-state index is 13.6. The molecule has 35 heavy (non-hydrogen) atoms. The number of halogens is 1.